The van der Waals surface area contributed by atoms with Gasteiger partial charge in [0.05, 0.1) is 0 Å². The summed E-state index contributed by atoms with van der Waals surface area (Å²) in [5, 5.41) is 22.6. The Labute approximate surface area is 313 Å². The number of phenolic OH excluding ortho intramolecular Hbond substituents is 1. The molecule has 0 aliphatic heterocycles. The maximum atomic E-state index is 14.3. The average Bonchev–Trinajstić information content (AvgIpc) is 3.72. The van der Waals surface area contributed by atoms with Crippen molar-refractivity contribution in [2.75, 3.05) is 12.3 Å². The lowest BCUT2D eigenvalue weighted by molar-refractivity contribution is -0.134. The van der Waals surface area contributed by atoms with Crippen molar-refractivity contribution in [2.45, 2.75) is 97.1 Å². The summed E-state index contributed by atoms with van der Waals surface area (Å²) in [6.07, 6.45) is 0.952. The summed E-state index contributed by atoms with van der Waals surface area (Å²) in [6.45, 7) is 9.20. The molecule has 0 aliphatic rings. The Balaban J connectivity index is 1.59. The number of alkyl carbamates (subject to hydrolysis) is 1. The van der Waals surface area contributed by atoms with Crippen molar-refractivity contribution in [2.24, 2.45) is 5.73 Å². The fourth-order valence-corrected chi connectivity index (χ4v) is 5.75. The quantitative estimate of drug-likeness (QED) is 0.0908. The molecule has 0 unspecified atom stereocenters. The SMILES string of the molecule is Cc1cc(O)cc(C)c1C[C@H](NC(=O)[C@@H](CCCn1ccnc1N)OC(N)=O)C(=O)N[C@@H](CCNC(=O)OC(C)(C)C)c1nc(Cc2ccccc2)no1. The van der Waals surface area contributed by atoms with Gasteiger partial charge in [-0.05, 0) is 88.3 Å². The van der Waals surface area contributed by atoms with E-state index >= 15 is 0 Å². The number of phenols is 1. The van der Waals surface area contributed by atoms with Crippen LogP contribution in [0.4, 0.5) is 15.5 Å². The lowest BCUT2D eigenvalue weighted by atomic mass is 9.95. The van der Waals surface area contributed by atoms with E-state index in [0.717, 1.165) is 5.56 Å². The Morgan fingerprint density at radius 1 is 1.02 bits per heavy atom. The number of rotatable bonds is 17. The number of aromatic hydroxyl groups is 1. The van der Waals surface area contributed by atoms with Crippen molar-refractivity contribution in [3.8, 4) is 5.75 Å². The molecule has 4 rings (SSSR count). The van der Waals surface area contributed by atoms with E-state index in [9.17, 15) is 24.3 Å². The molecule has 0 saturated heterocycles. The van der Waals surface area contributed by atoms with Gasteiger partial charge < -0.3 is 51.1 Å². The van der Waals surface area contributed by atoms with Gasteiger partial charge in [-0.3, -0.25) is 9.59 Å². The number of primary amides is 1. The average molecular weight is 748 g/mol. The number of imidazole rings is 1. The zero-order chi connectivity index (χ0) is 39.4. The summed E-state index contributed by atoms with van der Waals surface area (Å²) >= 11 is 0. The van der Waals surface area contributed by atoms with E-state index in [0.29, 0.717) is 41.9 Å². The minimum atomic E-state index is -1.34. The Kier molecular flexibility index (Phi) is 14.0. The molecule has 2 aromatic heterocycles. The first-order chi connectivity index (χ1) is 25.6. The number of aryl methyl sites for hydroxylation is 3. The molecule has 0 radical (unpaired) electrons. The second-order valence-electron chi connectivity index (χ2n) is 13.9. The van der Waals surface area contributed by atoms with Gasteiger partial charge in [-0.15, -0.1) is 0 Å². The number of nitrogens with two attached hydrogens (primary N) is 2. The Bertz CT molecular complexity index is 1860. The molecule has 0 saturated carbocycles. The molecule has 0 bridgehead atoms. The van der Waals surface area contributed by atoms with Gasteiger partial charge in [0.2, 0.25) is 11.8 Å². The molecule has 0 aliphatic carbocycles. The first kappa shape index (κ1) is 40.6. The summed E-state index contributed by atoms with van der Waals surface area (Å²) in [7, 11) is 0. The molecule has 290 valence electrons. The standard InChI is InChI=1S/C37H49N9O8/c1-22-18-25(47)19-23(2)26(22)21-28(43-32(49)29(52-35(39)50)12-9-16-46-17-15-40-34(46)38)31(48)42-27(13-14-41-36(51)53-37(3,4)5)33-44-30(45-54-33)20-24-10-7-6-8-11-24/h6-8,10-11,15,17-19,27-29,47H,9,12-14,16,20-21H2,1-5H3,(H2,38,40)(H2,39,50)(H,41,51)(H,42,48)(H,43,49)/t27-,28-,29+/m0/s1. The molecule has 54 heavy (non-hydrogen) atoms. The molecule has 2 aromatic carbocycles. The zero-order valence-corrected chi connectivity index (χ0v) is 31.1. The number of aromatic nitrogens is 4. The van der Waals surface area contributed by atoms with Crippen molar-refractivity contribution in [3.63, 3.8) is 0 Å². The van der Waals surface area contributed by atoms with Crippen LogP contribution < -0.4 is 27.4 Å². The predicted octanol–water partition coefficient (Wildman–Crippen LogP) is 3.51. The Morgan fingerprint density at radius 3 is 2.35 bits per heavy atom. The number of anilines is 1. The molecular formula is C37H49N9O8. The molecule has 0 spiro atoms. The molecule has 17 nitrogen and oxygen atoms in total. The van der Waals surface area contributed by atoms with E-state index in [1.165, 1.54) is 6.20 Å². The van der Waals surface area contributed by atoms with Crippen molar-refractivity contribution in [1.82, 2.24) is 35.6 Å². The first-order valence-corrected chi connectivity index (χ1v) is 17.5. The van der Waals surface area contributed by atoms with Crippen molar-refractivity contribution in [3.05, 3.63) is 88.8 Å². The summed E-state index contributed by atoms with van der Waals surface area (Å²) in [5.41, 5.74) is 13.5. The Hall–Kier alpha value is -6.13. The third-order valence-electron chi connectivity index (χ3n) is 8.29. The van der Waals surface area contributed by atoms with Gasteiger partial charge in [-0.2, -0.15) is 4.98 Å². The van der Waals surface area contributed by atoms with Crippen LogP contribution in [0.25, 0.3) is 0 Å². The molecule has 0 fully saturated rings. The second-order valence-corrected chi connectivity index (χ2v) is 13.9. The van der Waals surface area contributed by atoms with Crippen LogP contribution in [0.15, 0.2) is 59.4 Å². The van der Waals surface area contributed by atoms with Gasteiger partial charge in [-0.1, -0.05) is 35.5 Å². The molecular weight excluding hydrogens is 698 g/mol. The summed E-state index contributed by atoms with van der Waals surface area (Å²) in [5.74, 6) is -0.604. The van der Waals surface area contributed by atoms with E-state index in [4.69, 9.17) is 25.5 Å². The topological polar surface area (TPSA) is 252 Å². The fraction of sp³-hybridized carbons (Fsp3) is 0.432. The first-order valence-electron chi connectivity index (χ1n) is 17.5. The summed E-state index contributed by atoms with van der Waals surface area (Å²) in [4.78, 5) is 60.8. The van der Waals surface area contributed by atoms with Gasteiger partial charge in [0.15, 0.2) is 17.9 Å². The van der Waals surface area contributed by atoms with Crippen LogP contribution in [0.2, 0.25) is 0 Å². The highest BCUT2D eigenvalue weighted by Crippen LogP contribution is 2.23. The maximum absolute atomic E-state index is 14.3. The highest BCUT2D eigenvalue weighted by atomic mass is 16.6. The van der Waals surface area contributed by atoms with Gasteiger partial charge in [0.1, 0.15) is 23.4 Å². The molecule has 4 aromatic rings. The lowest BCUT2D eigenvalue weighted by Gasteiger charge is -2.25. The number of nitrogen functional groups attached to an aromatic ring is 1. The predicted molar refractivity (Wildman–Crippen MR) is 197 cm³/mol. The number of hydrogen-bond acceptors (Lipinski definition) is 12. The van der Waals surface area contributed by atoms with Crippen LogP contribution in [0, 0.1) is 13.8 Å². The minimum absolute atomic E-state index is 0.00362. The van der Waals surface area contributed by atoms with E-state index in [1.807, 2.05) is 30.3 Å². The van der Waals surface area contributed by atoms with Crippen molar-refractivity contribution in [1.29, 1.82) is 0 Å². The monoisotopic (exact) mass is 747 g/mol. The number of benzene rings is 2. The highest BCUT2D eigenvalue weighted by Gasteiger charge is 2.31. The fourth-order valence-electron chi connectivity index (χ4n) is 5.75. The third kappa shape index (κ3) is 12.5. The van der Waals surface area contributed by atoms with E-state index in [1.54, 1.807) is 57.5 Å². The number of nitrogens with one attached hydrogen (secondary N) is 3. The van der Waals surface area contributed by atoms with Gasteiger partial charge in [0, 0.05) is 38.3 Å². The molecule has 2 heterocycles. The van der Waals surface area contributed by atoms with Crippen LogP contribution in [0.5, 0.6) is 5.75 Å². The van der Waals surface area contributed by atoms with Crippen LogP contribution >= 0.6 is 0 Å². The third-order valence-corrected chi connectivity index (χ3v) is 8.29. The van der Waals surface area contributed by atoms with E-state index in [2.05, 4.69) is 31.1 Å². The highest BCUT2D eigenvalue weighted by molar-refractivity contribution is 5.90. The van der Waals surface area contributed by atoms with Crippen LogP contribution in [0.1, 0.15) is 80.0 Å². The van der Waals surface area contributed by atoms with Crippen LogP contribution in [-0.2, 0) is 38.4 Å². The second kappa shape index (κ2) is 18.6. The zero-order valence-electron chi connectivity index (χ0n) is 31.1. The summed E-state index contributed by atoms with van der Waals surface area (Å²) < 4.78 is 17.8. The number of carbonyl (C=O) groups is 4. The van der Waals surface area contributed by atoms with E-state index < -0.39 is 47.8 Å². The lowest BCUT2D eigenvalue weighted by Crippen LogP contribution is -2.52. The maximum Gasteiger partial charge on any atom is 0.407 e. The number of amides is 4. The van der Waals surface area contributed by atoms with Crippen LogP contribution in [-0.4, -0.2) is 73.1 Å². The van der Waals surface area contributed by atoms with Crippen LogP contribution in [0.3, 0.4) is 0 Å². The number of hydrogen-bond donors (Lipinski definition) is 6. The summed E-state index contributed by atoms with van der Waals surface area (Å²) in [6, 6.07) is 10.5. The number of nitrogens with zero attached hydrogens (tertiary/aromatic N) is 4. The molecule has 8 N–H and O–H groups in total. The largest absolute Gasteiger partial charge is 0.508 e. The van der Waals surface area contributed by atoms with Crippen molar-refractivity contribution < 1.29 is 38.3 Å². The minimum Gasteiger partial charge on any atom is -0.508 e. The molecule has 4 amide bonds. The molecule has 17 heteroatoms. The van der Waals surface area contributed by atoms with Crippen molar-refractivity contribution >= 4 is 29.9 Å². The normalized spacial score (nSPS) is 13.0. The number of carbonyl (C=O) groups excluding carboxylic acids is 4. The smallest absolute Gasteiger partial charge is 0.407 e. The van der Waals surface area contributed by atoms with Gasteiger partial charge >= 0.3 is 12.2 Å². The van der Waals surface area contributed by atoms with E-state index in [-0.39, 0.29) is 43.4 Å². The molecule has 3 atom stereocenters. The Morgan fingerprint density at radius 2 is 1.72 bits per heavy atom. The van der Waals surface area contributed by atoms with Gasteiger partial charge in [0.25, 0.3) is 5.91 Å². The number of ether oxygens (including phenoxy) is 2. The van der Waals surface area contributed by atoms with Gasteiger partial charge in [-0.25, -0.2) is 14.6 Å².